The molecule has 0 saturated carbocycles. The summed E-state index contributed by atoms with van der Waals surface area (Å²) in [5.74, 6) is -0.172. The Balaban J connectivity index is 1.58. The van der Waals surface area contributed by atoms with Gasteiger partial charge < -0.3 is 23.8 Å². The summed E-state index contributed by atoms with van der Waals surface area (Å²) in [5, 5.41) is 0. The molecule has 0 N–H and O–H groups in total. The molecule has 2 aliphatic heterocycles. The molecule has 1 spiro atoms. The first-order valence-corrected chi connectivity index (χ1v) is 11.6. The Morgan fingerprint density at radius 2 is 1.90 bits per heavy atom. The normalized spacial score (nSPS) is 17.1. The Hall–Kier alpha value is -2.09. The summed E-state index contributed by atoms with van der Waals surface area (Å²) in [6.07, 6.45) is 4.07. The largest absolute Gasteiger partial charge is 0.493 e. The van der Waals surface area contributed by atoms with E-state index in [0.29, 0.717) is 32.1 Å². The highest BCUT2D eigenvalue weighted by molar-refractivity contribution is 9.10. The van der Waals surface area contributed by atoms with Crippen LogP contribution in [0.4, 0.5) is 5.69 Å². The summed E-state index contributed by atoms with van der Waals surface area (Å²) in [4.78, 5) is 15.2. The summed E-state index contributed by atoms with van der Waals surface area (Å²) in [7, 11) is 1.63. The lowest BCUT2D eigenvalue weighted by Crippen LogP contribution is -2.47. The van der Waals surface area contributed by atoms with Gasteiger partial charge in [-0.3, -0.25) is 4.79 Å². The van der Waals surface area contributed by atoms with E-state index < -0.39 is 5.79 Å². The van der Waals surface area contributed by atoms with E-state index in [-0.39, 0.29) is 5.91 Å². The van der Waals surface area contributed by atoms with Gasteiger partial charge in [-0.2, -0.15) is 0 Å². The minimum absolute atomic E-state index is 0.195. The first kappa shape index (κ1) is 22.1. The number of ether oxygens (including phenoxy) is 4. The average molecular weight is 490 g/mol. The molecule has 1 fully saturated rings. The van der Waals surface area contributed by atoms with Crippen molar-refractivity contribution in [1.82, 2.24) is 0 Å². The van der Waals surface area contributed by atoms with Gasteiger partial charge >= 0.3 is 0 Å². The fourth-order valence-electron chi connectivity index (χ4n) is 4.02. The molecule has 6 nitrogen and oxygen atoms in total. The van der Waals surface area contributed by atoms with Crippen molar-refractivity contribution in [3.05, 3.63) is 52.0 Å². The van der Waals surface area contributed by atoms with Gasteiger partial charge in [0.2, 0.25) is 0 Å². The molecular formula is C24H28BrNO5. The zero-order valence-corrected chi connectivity index (χ0v) is 19.6. The smallest absolute Gasteiger partial charge is 0.292 e. The molecule has 2 aromatic carbocycles. The lowest BCUT2D eigenvalue weighted by atomic mass is 10.1. The van der Waals surface area contributed by atoms with Crippen LogP contribution in [0.25, 0.3) is 0 Å². The van der Waals surface area contributed by atoms with Crippen LogP contribution >= 0.6 is 15.9 Å². The first-order valence-electron chi connectivity index (χ1n) is 10.8. The predicted molar refractivity (Wildman–Crippen MR) is 122 cm³/mol. The van der Waals surface area contributed by atoms with E-state index in [1.807, 2.05) is 36.4 Å². The quantitative estimate of drug-likeness (QED) is 0.479. The van der Waals surface area contributed by atoms with Crippen molar-refractivity contribution in [3.8, 4) is 11.5 Å². The zero-order chi connectivity index (χ0) is 21.8. The van der Waals surface area contributed by atoms with Crippen molar-refractivity contribution in [1.29, 1.82) is 0 Å². The fourth-order valence-corrected chi connectivity index (χ4v) is 4.39. The van der Waals surface area contributed by atoms with Crippen LogP contribution in [0.3, 0.4) is 0 Å². The molecule has 31 heavy (non-hydrogen) atoms. The number of fused-ring (bicyclic) bond motifs is 2. The van der Waals surface area contributed by atoms with Crippen LogP contribution in [-0.4, -0.2) is 32.8 Å². The molecule has 0 radical (unpaired) electrons. The van der Waals surface area contributed by atoms with Crippen LogP contribution in [0, 0.1) is 0 Å². The molecule has 0 bridgehead atoms. The number of methoxy groups -OCH3 is 1. The van der Waals surface area contributed by atoms with Gasteiger partial charge in [-0.1, -0.05) is 41.8 Å². The number of amides is 1. The third-order valence-corrected chi connectivity index (χ3v) is 6.10. The van der Waals surface area contributed by atoms with Gasteiger partial charge in [0.15, 0.2) is 11.5 Å². The Labute approximate surface area is 191 Å². The number of nitrogens with zero attached hydrogens (tertiary/aromatic N) is 1. The highest BCUT2D eigenvalue weighted by Gasteiger charge is 2.54. The summed E-state index contributed by atoms with van der Waals surface area (Å²) < 4.78 is 24.2. The third kappa shape index (κ3) is 4.31. The zero-order valence-electron chi connectivity index (χ0n) is 18.0. The van der Waals surface area contributed by atoms with Crippen LogP contribution in [0.5, 0.6) is 11.5 Å². The van der Waals surface area contributed by atoms with E-state index in [0.717, 1.165) is 52.7 Å². The monoisotopic (exact) mass is 489 g/mol. The van der Waals surface area contributed by atoms with Crippen LogP contribution in [0.2, 0.25) is 0 Å². The van der Waals surface area contributed by atoms with Gasteiger partial charge in [0.25, 0.3) is 11.7 Å². The Morgan fingerprint density at radius 3 is 2.65 bits per heavy atom. The topological polar surface area (TPSA) is 57.2 Å². The lowest BCUT2D eigenvalue weighted by Gasteiger charge is -2.32. The van der Waals surface area contributed by atoms with Crippen LogP contribution in [-0.2, 0) is 26.6 Å². The summed E-state index contributed by atoms with van der Waals surface area (Å²) in [6.45, 7) is 4.19. The van der Waals surface area contributed by atoms with Crippen molar-refractivity contribution in [2.75, 3.05) is 31.8 Å². The van der Waals surface area contributed by atoms with Gasteiger partial charge in [0.05, 0.1) is 39.2 Å². The highest BCUT2D eigenvalue weighted by Crippen LogP contribution is 2.47. The molecule has 7 heteroatoms. The van der Waals surface area contributed by atoms with E-state index in [4.69, 9.17) is 18.9 Å². The fraction of sp³-hybridized carbons (Fsp3) is 0.458. The lowest BCUT2D eigenvalue weighted by molar-refractivity contribution is -0.256. The number of carbonyl (C=O) groups excluding carboxylic acids is 1. The summed E-state index contributed by atoms with van der Waals surface area (Å²) in [5.41, 5.74) is 2.48. The van der Waals surface area contributed by atoms with Crippen molar-refractivity contribution in [3.63, 3.8) is 0 Å². The molecule has 2 aliphatic rings. The molecule has 4 rings (SSSR count). The van der Waals surface area contributed by atoms with Gasteiger partial charge in [-0.05, 0) is 48.7 Å². The molecule has 2 heterocycles. The maximum absolute atomic E-state index is 13.5. The van der Waals surface area contributed by atoms with Gasteiger partial charge in [-0.15, -0.1) is 0 Å². The van der Waals surface area contributed by atoms with E-state index in [9.17, 15) is 4.79 Å². The number of anilines is 1. The number of hydrogen-bond acceptors (Lipinski definition) is 5. The van der Waals surface area contributed by atoms with Gasteiger partial charge in [0.1, 0.15) is 0 Å². The number of rotatable bonds is 8. The minimum Gasteiger partial charge on any atom is -0.493 e. The van der Waals surface area contributed by atoms with E-state index in [1.165, 1.54) is 0 Å². The third-order valence-electron chi connectivity index (χ3n) is 5.60. The standard InChI is InChI=1S/C24H28BrNO5/c1-3-4-5-11-29-21-10-7-17(14-22(21)28-2)16-26-20-9-8-18(25)15-19(20)24(23(26)27)30-12-6-13-31-24/h7-10,14-15H,3-6,11-13,16H2,1-2H3. The van der Waals surface area contributed by atoms with Crippen molar-refractivity contribution in [2.45, 2.75) is 44.9 Å². The maximum atomic E-state index is 13.5. The van der Waals surface area contributed by atoms with Gasteiger partial charge in [0, 0.05) is 10.0 Å². The van der Waals surface area contributed by atoms with E-state index >= 15 is 0 Å². The number of unbranched alkanes of at least 4 members (excludes halogenated alkanes) is 2. The molecule has 1 saturated heterocycles. The Bertz CT molecular complexity index is 942. The van der Waals surface area contributed by atoms with Crippen molar-refractivity contribution >= 4 is 27.5 Å². The summed E-state index contributed by atoms with van der Waals surface area (Å²) >= 11 is 3.51. The van der Waals surface area contributed by atoms with Gasteiger partial charge in [-0.25, -0.2) is 0 Å². The first-order chi connectivity index (χ1) is 15.1. The molecule has 0 atom stereocenters. The van der Waals surface area contributed by atoms with Crippen LogP contribution in [0.1, 0.15) is 43.7 Å². The average Bonchev–Trinajstić information content (AvgIpc) is 3.00. The molecule has 1 amide bonds. The second kappa shape index (κ2) is 9.59. The number of carbonyl (C=O) groups is 1. The maximum Gasteiger partial charge on any atom is 0.292 e. The number of benzene rings is 2. The number of halogens is 1. The molecule has 0 unspecified atom stereocenters. The van der Waals surface area contributed by atoms with E-state index in [1.54, 1.807) is 12.0 Å². The van der Waals surface area contributed by atoms with E-state index in [2.05, 4.69) is 22.9 Å². The molecule has 166 valence electrons. The Kier molecular flexibility index (Phi) is 6.84. The SMILES string of the molecule is CCCCCOc1ccc(CN2C(=O)C3(OCCCO3)c3cc(Br)ccc32)cc1OC. The minimum atomic E-state index is -1.36. The van der Waals surface area contributed by atoms with Crippen LogP contribution in [0.15, 0.2) is 40.9 Å². The number of hydrogen-bond donors (Lipinski definition) is 0. The summed E-state index contributed by atoms with van der Waals surface area (Å²) in [6, 6.07) is 11.6. The molecule has 0 aromatic heterocycles. The predicted octanol–water partition coefficient (Wildman–Crippen LogP) is 5.16. The molecule has 0 aliphatic carbocycles. The Morgan fingerprint density at radius 1 is 1.10 bits per heavy atom. The van der Waals surface area contributed by atoms with Crippen molar-refractivity contribution in [2.24, 2.45) is 0 Å². The highest BCUT2D eigenvalue weighted by atomic mass is 79.9. The molecule has 2 aromatic rings. The second-order valence-electron chi connectivity index (χ2n) is 7.76. The molecular weight excluding hydrogens is 462 g/mol. The van der Waals surface area contributed by atoms with Crippen LogP contribution < -0.4 is 14.4 Å². The second-order valence-corrected chi connectivity index (χ2v) is 8.68. The van der Waals surface area contributed by atoms with Crippen molar-refractivity contribution < 1.29 is 23.7 Å².